The number of fused-ring (bicyclic) bond motifs is 1. The Morgan fingerprint density at radius 3 is 2.68 bits per heavy atom. The lowest BCUT2D eigenvalue weighted by Crippen LogP contribution is -2.11. The number of hydrogen-bond donors (Lipinski definition) is 1. The molecule has 0 atom stereocenters. The van der Waals surface area contributed by atoms with Crippen molar-refractivity contribution < 1.29 is 19.1 Å². The zero-order valence-electron chi connectivity index (χ0n) is 12.4. The van der Waals surface area contributed by atoms with Gasteiger partial charge >= 0.3 is 5.97 Å². The molecule has 2 aromatic rings. The summed E-state index contributed by atoms with van der Waals surface area (Å²) in [7, 11) is 0. The normalized spacial score (nSPS) is 11.6. The van der Waals surface area contributed by atoms with Gasteiger partial charge in [0.1, 0.15) is 16.9 Å². The van der Waals surface area contributed by atoms with E-state index in [2.05, 4.69) is 0 Å². The van der Waals surface area contributed by atoms with Crippen LogP contribution in [-0.2, 0) is 9.59 Å². The number of benzene rings is 1. The molecule has 1 heterocycles. The summed E-state index contributed by atoms with van der Waals surface area (Å²) in [5, 5.41) is 9.59. The summed E-state index contributed by atoms with van der Waals surface area (Å²) in [6, 6.07) is 6.22. The molecule has 0 aliphatic carbocycles. The van der Waals surface area contributed by atoms with Gasteiger partial charge in [0.25, 0.3) is 0 Å². The molecule has 0 saturated carbocycles. The molecule has 0 aliphatic heterocycles. The smallest absolute Gasteiger partial charge is 0.339 e. The lowest BCUT2D eigenvalue weighted by molar-refractivity contribution is -0.134. The number of carboxylic acids is 1. The van der Waals surface area contributed by atoms with E-state index in [4.69, 9.17) is 4.42 Å². The number of para-hydroxylation sites is 1. The van der Waals surface area contributed by atoms with Crippen molar-refractivity contribution in [2.24, 2.45) is 0 Å². The van der Waals surface area contributed by atoms with Crippen LogP contribution >= 0.6 is 0 Å². The molecule has 0 aliphatic rings. The molecule has 1 aromatic carbocycles. The van der Waals surface area contributed by atoms with E-state index >= 15 is 0 Å². The zero-order valence-corrected chi connectivity index (χ0v) is 12.4. The summed E-state index contributed by atoms with van der Waals surface area (Å²) in [5.41, 5.74) is 0.181. The van der Waals surface area contributed by atoms with Crippen LogP contribution in [0.5, 0.6) is 0 Å². The zero-order chi connectivity index (χ0) is 16.3. The molecule has 0 unspecified atom stereocenters. The average Bonchev–Trinajstić information content (AvgIpc) is 2.44. The van der Waals surface area contributed by atoms with E-state index < -0.39 is 11.8 Å². The van der Waals surface area contributed by atoms with Gasteiger partial charge < -0.3 is 9.52 Å². The minimum absolute atomic E-state index is 0.159. The molecule has 1 aromatic heterocycles. The second-order valence-electron chi connectivity index (χ2n) is 4.98. The Kier molecular flexibility index (Phi) is 4.56. The molecule has 0 spiro atoms. The second-order valence-corrected chi connectivity index (χ2v) is 4.98. The Balaban J connectivity index is 2.68. The first kappa shape index (κ1) is 15.7. The number of aryl methyl sites for hydroxylation is 1. The van der Waals surface area contributed by atoms with Crippen LogP contribution in [0.1, 0.15) is 31.1 Å². The van der Waals surface area contributed by atoms with E-state index in [0.717, 1.165) is 0 Å². The minimum atomic E-state index is -1.29. The van der Waals surface area contributed by atoms with E-state index in [1.807, 2.05) is 0 Å². The van der Waals surface area contributed by atoms with Crippen LogP contribution < -0.4 is 5.43 Å². The highest BCUT2D eigenvalue weighted by Crippen LogP contribution is 2.21. The second kappa shape index (κ2) is 6.39. The van der Waals surface area contributed by atoms with Crippen molar-refractivity contribution in [2.75, 3.05) is 0 Å². The van der Waals surface area contributed by atoms with Crippen LogP contribution in [0.15, 0.2) is 39.1 Å². The van der Waals surface area contributed by atoms with Gasteiger partial charge in [-0.15, -0.1) is 0 Å². The number of aliphatic carboxylic acids is 1. The van der Waals surface area contributed by atoms with Gasteiger partial charge in [0.05, 0.1) is 5.39 Å². The first-order valence-electron chi connectivity index (χ1n) is 6.95. The van der Waals surface area contributed by atoms with E-state index in [9.17, 15) is 19.5 Å². The molecule has 0 saturated heterocycles. The maximum Gasteiger partial charge on any atom is 0.339 e. The third-order valence-corrected chi connectivity index (χ3v) is 3.22. The van der Waals surface area contributed by atoms with Crippen LogP contribution in [0.4, 0.5) is 0 Å². The molecular weight excluding hydrogens is 284 g/mol. The van der Waals surface area contributed by atoms with Crippen LogP contribution in [-0.4, -0.2) is 16.9 Å². The van der Waals surface area contributed by atoms with E-state index in [0.29, 0.717) is 23.1 Å². The minimum Gasteiger partial charge on any atom is -0.478 e. The molecule has 22 heavy (non-hydrogen) atoms. The monoisotopic (exact) mass is 300 g/mol. The van der Waals surface area contributed by atoms with Gasteiger partial charge in [-0.1, -0.05) is 19.1 Å². The van der Waals surface area contributed by atoms with Crippen molar-refractivity contribution >= 4 is 28.8 Å². The SMILES string of the molecule is CCCC(=O)C(=Cc1cccc2c(=O)cc(C)oc12)C(=O)O. The number of carboxylic acid groups (broad SMARTS) is 1. The van der Waals surface area contributed by atoms with E-state index in [1.54, 1.807) is 32.0 Å². The number of carbonyl (C=O) groups is 2. The average molecular weight is 300 g/mol. The fourth-order valence-electron chi connectivity index (χ4n) is 2.21. The highest BCUT2D eigenvalue weighted by molar-refractivity contribution is 6.20. The van der Waals surface area contributed by atoms with E-state index in [1.165, 1.54) is 12.1 Å². The van der Waals surface area contributed by atoms with Gasteiger partial charge in [-0.05, 0) is 25.5 Å². The Hall–Kier alpha value is -2.69. The van der Waals surface area contributed by atoms with Gasteiger partial charge in [0.15, 0.2) is 11.2 Å². The summed E-state index contributed by atoms with van der Waals surface area (Å²) in [5.74, 6) is -1.30. The first-order valence-corrected chi connectivity index (χ1v) is 6.95. The molecule has 2 rings (SSSR count). The van der Waals surface area contributed by atoms with Crippen LogP contribution in [0.2, 0.25) is 0 Å². The van der Waals surface area contributed by atoms with Crippen molar-refractivity contribution in [2.45, 2.75) is 26.7 Å². The summed E-state index contributed by atoms with van der Waals surface area (Å²) in [6.45, 7) is 3.44. The van der Waals surface area contributed by atoms with Crippen molar-refractivity contribution in [3.05, 3.63) is 51.4 Å². The fraction of sp³-hybridized carbons (Fsp3) is 0.235. The number of Topliss-reactive ketones (excluding diaryl/α,β-unsaturated/α-hetero) is 1. The summed E-state index contributed by atoms with van der Waals surface area (Å²) in [4.78, 5) is 35.2. The Bertz CT molecular complexity index is 827. The van der Waals surface area contributed by atoms with Crippen molar-refractivity contribution in [1.82, 2.24) is 0 Å². The van der Waals surface area contributed by atoms with Crippen molar-refractivity contribution in [1.29, 1.82) is 0 Å². The fourth-order valence-corrected chi connectivity index (χ4v) is 2.21. The quantitative estimate of drug-likeness (QED) is 0.521. The summed E-state index contributed by atoms with van der Waals surface area (Å²) < 4.78 is 5.55. The van der Waals surface area contributed by atoms with Gasteiger partial charge in [-0.2, -0.15) is 0 Å². The highest BCUT2D eigenvalue weighted by Gasteiger charge is 2.17. The largest absolute Gasteiger partial charge is 0.478 e. The third kappa shape index (κ3) is 3.14. The van der Waals surface area contributed by atoms with Crippen LogP contribution in [0.25, 0.3) is 17.0 Å². The third-order valence-electron chi connectivity index (χ3n) is 3.22. The molecule has 1 N–H and O–H groups in total. The van der Waals surface area contributed by atoms with Gasteiger partial charge in [-0.25, -0.2) is 4.79 Å². The van der Waals surface area contributed by atoms with Crippen molar-refractivity contribution in [3.63, 3.8) is 0 Å². The Morgan fingerprint density at radius 1 is 1.32 bits per heavy atom. The van der Waals surface area contributed by atoms with Gasteiger partial charge in [-0.3, -0.25) is 9.59 Å². The first-order chi connectivity index (χ1) is 10.4. The number of rotatable bonds is 5. The molecule has 0 radical (unpaired) electrons. The Labute approximate surface area is 126 Å². The number of carbonyl (C=O) groups excluding carboxylic acids is 1. The topological polar surface area (TPSA) is 84.6 Å². The van der Waals surface area contributed by atoms with Gasteiger partial charge in [0, 0.05) is 18.1 Å². The number of hydrogen-bond acceptors (Lipinski definition) is 4. The maximum atomic E-state index is 11.9. The standard InChI is InChI=1S/C17H16O5/c1-3-5-14(18)13(17(20)21)9-11-6-4-7-12-15(19)8-10(2)22-16(11)12/h4,6-9H,3,5H2,1-2H3,(H,20,21). The van der Waals surface area contributed by atoms with Gasteiger partial charge in [0.2, 0.25) is 0 Å². The maximum absolute atomic E-state index is 11.9. The molecule has 5 heteroatoms. The molecule has 0 bridgehead atoms. The van der Waals surface area contributed by atoms with E-state index in [-0.39, 0.29) is 23.0 Å². The molecule has 114 valence electrons. The molecule has 5 nitrogen and oxygen atoms in total. The summed E-state index contributed by atoms with van der Waals surface area (Å²) in [6.07, 6.45) is 1.99. The lowest BCUT2D eigenvalue weighted by atomic mass is 10.0. The molecule has 0 amide bonds. The Morgan fingerprint density at radius 2 is 2.05 bits per heavy atom. The van der Waals surface area contributed by atoms with Crippen LogP contribution in [0.3, 0.4) is 0 Å². The highest BCUT2D eigenvalue weighted by atomic mass is 16.4. The predicted molar refractivity (Wildman–Crippen MR) is 82.7 cm³/mol. The molecule has 0 fully saturated rings. The number of ketones is 1. The van der Waals surface area contributed by atoms with Crippen molar-refractivity contribution in [3.8, 4) is 0 Å². The lowest BCUT2D eigenvalue weighted by Gasteiger charge is -2.04. The van der Waals surface area contributed by atoms with Crippen LogP contribution in [0, 0.1) is 6.92 Å². The predicted octanol–water partition coefficient (Wildman–Crippen LogP) is 2.94. The summed E-state index contributed by atoms with van der Waals surface area (Å²) >= 11 is 0. The molecular formula is C17H16O5.